The van der Waals surface area contributed by atoms with Gasteiger partial charge in [0.2, 0.25) is 0 Å². The van der Waals surface area contributed by atoms with Gasteiger partial charge in [0.1, 0.15) is 6.61 Å². The maximum atomic E-state index is 12.2. The quantitative estimate of drug-likeness (QED) is 0.692. The van der Waals surface area contributed by atoms with Gasteiger partial charge in [0, 0.05) is 6.04 Å². The first-order valence-electron chi connectivity index (χ1n) is 8.50. The fraction of sp³-hybridized carbons (Fsp3) is 0.381. The maximum absolute atomic E-state index is 12.2. The summed E-state index contributed by atoms with van der Waals surface area (Å²) in [6.45, 7) is 4.76. The first-order chi connectivity index (χ1) is 11.5. The zero-order chi connectivity index (χ0) is 17.5. The van der Waals surface area contributed by atoms with Crippen LogP contribution in [0, 0.1) is 5.92 Å². The van der Waals surface area contributed by atoms with Crippen molar-refractivity contribution in [3.63, 3.8) is 0 Å². The molecule has 0 aromatic heterocycles. The van der Waals surface area contributed by atoms with E-state index in [4.69, 9.17) is 4.74 Å². The Kier molecular flexibility index (Phi) is 6.56. The molecule has 0 unspecified atom stereocenters. The monoisotopic (exact) mass is 325 g/mol. The van der Waals surface area contributed by atoms with E-state index in [9.17, 15) is 4.79 Å². The summed E-state index contributed by atoms with van der Waals surface area (Å²) in [6, 6.07) is 17.9. The predicted molar refractivity (Wildman–Crippen MR) is 97.9 cm³/mol. The molecule has 2 atom stereocenters. The highest BCUT2D eigenvalue weighted by Gasteiger charge is 2.20. The van der Waals surface area contributed by atoms with Crippen LogP contribution in [0.25, 0.3) is 0 Å². The lowest BCUT2D eigenvalue weighted by molar-refractivity contribution is 0.0472. The molecule has 0 saturated heterocycles. The fourth-order valence-corrected chi connectivity index (χ4v) is 2.98. The normalized spacial score (nSPS) is 13.5. The van der Waals surface area contributed by atoms with E-state index in [1.54, 1.807) is 0 Å². The van der Waals surface area contributed by atoms with Crippen molar-refractivity contribution in [1.82, 2.24) is 4.90 Å². The molecule has 2 aromatic rings. The molecule has 0 aliphatic carbocycles. The molecule has 2 aromatic carbocycles. The van der Waals surface area contributed by atoms with Crippen LogP contribution >= 0.6 is 0 Å². The number of esters is 1. The third kappa shape index (κ3) is 4.68. The standard InChI is InChI=1S/C21H27NO2/c1-5-16(2)20(22(3)4)18-11-13-19(14-12-18)21(23)24-15-17-9-7-6-8-10-17/h6-14,16,20H,5,15H2,1-4H3/t16-,20-/m1/s1. The molecule has 0 amide bonds. The second-order valence-corrected chi connectivity index (χ2v) is 6.48. The van der Waals surface area contributed by atoms with Crippen molar-refractivity contribution in [2.45, 2.75) is 32.9 Å². The molecule has 0 fully saturated rings. The fourth-order valence-electron chi connectivity index (χ4n) is 2.98. The van der Waals surface area contributed by atoms with E-state index in [2.05, 4.69) is 32.8 Å². The van der Waals surface area contributed by atoms with Gasteiger partial charge in [0.25, 0.3) is 0 Å². The van der Waals surface area contributed by atoms with E-state index < -0.39 is 0 Å². The highest BCUT2D eigenvalue weighted by molar-refractivity contribution is 5.89. The molecule has 0 aliphatic rings. The van der Waals surface area contributed by atoms with Crippen molar-refractivity contribution in [3.05, 3.63) is 71.3 Å². The molecule has 0 aliphatic heterocycles. The molecular weight excluding hydrogens is 298 g/mol. The third-order valence-corrected chi connectivity index (χ3v) is 4.44. The van der Waals surface area contributed by atoms with E-state index in [0.717, 1.165) is 12.0 Å². The van der Waals surface area contributed by atoms with Crippen LogP contribution < -0.4 is 0 Å². The minimum Gasteiger partial charge on any atom is -0.457 e. The van der Waals surface area contributed by atoms with Crippen molar-refractivity contribution in [2.75, 3.05) is 14.1 Å². The Morgan fingerprint density at radius 1 is 1.04 bits per heavy atom. The maximum Gasteiger partial charge on any atom is 0.338 e. The van der Waals surface area contributed by atoms with E-state index in [1.807, 2.05) is 54.6 Å². The zero-order valence-electron chi connectivity index (χ0n) is 15.0. The van der Waals surface area contributed by atoms with Gasteiger partial charge in [-0.3, -0.25) is 0 Å². The van der Waals surface area contributed by atoms with Crippen molar-refractivity contribution in [3.8, 4) is 0 Å². The van der Waals surface area contributed by atoms with E-state index in [-0.39, 0.29) is 5.97 Å². The minimum absolute atomic E-state index is 0.282. The van der Waals surface area contributed by atoms with Crippen molar-refractivity contribution < 1.29 is 9.53 Å². The second kappa shape index (κ2) is 8.65. The van der Waals surface area contributed by atoms with Crippen molar-refractivity contribution >= 4 is 5.97 Å². The van der Waals surface area contributed by atoms with Crippen LogP contribution in [0.5, 0.6) is 0 Å². The predicted octanol–water partition coefficient (Wildman–Crippen LogP) is 4.69. The molecule has 0 spiro atoms. The molecule has 3 heteroatoms. The first kappa shape index (κ1) is 18.2. The Balaban J connectivity index is 2.03. The third-order valence-electron chi connectivity index (χ3n) is 4.44. The van der Waals surface area contributed by atoms with E-state index in [1.165, 1.54) is 5.56 Å². The average molecular weight is 325 g/mol. The molecule has 0 N–H and O–H groups in total. The summed E-state index contributed by atoms with van der Waals surface area (Å²) in [7, 11) is 4.19. The summed E-state index contributed by atoms with van der Waals surface area (Å²) in [5, 5.41) is 0. The van der Waals surface area contributed by atoms with Crippen LogP contribution in [0.1, 0.15) is 47.8 Å². The van der Waals surface area contributed by atoms with E-state index >= 15 is 0 Å². The summed E-state index contributed by atoms with van der Waals surface area (Å²) in [4.78, 5) is 14.4. The van der Waals surface area contributed by atoms with Crippen LogP contribution in [-0.4, -0.2) is 25.0 Å². The van der Waals surface area contributed by atoms with Crippen LogP contribution in [-0.2, 0) is 11.3 Å². The van der Waals surface area contributed by atoms with Crippen LogP contribution in [0.4, 0.5) is 0 Å². The Bertz CT molecular complexity index is 635. The zero-order valence-corrected chi connectivity index (χ0v) is 15.0. The van der Waals surface area contributed by atoms with Gasteiger partial charge < -0.3 is 9.64 Å². The molecule has 3 nitrogen and oxygen atoms in total. The number of ether oxygens (including phenoxy) is 1. The lowest BCUT2D eigenvalue weighted by Crippen LogP contribution is -2.25. The minimum atomic E-state index is -0.282. The second-order valence-electron chi connectivity index (χ2n) is 6.48. The van der Waals surface area contributed by atoms with Gasteiger partial charge in [-0.25, -0.2) is 4.79 Å². The topological polar surface area (TPSA) is 29.5 Å². The van der Waals surface area contributed by atoms with Crippen molar-refractivity contribution in [2.24, 2.45) is 5.92 Å². The summed E-state index contributed by atoms with van der Waals surface area (Å²) in [5.41, 5.74) is 2.82. The summed E-state index contributed by atoms with van der Waals surface area (Å²) >= 11 is 0. The number of carbonyl (C=O) groups excluding carboxylic acids is 1. The van der Waals surface area contributed by atoms with Gasteiger partial charge in [-0.05, 0) is 43.3 Å². The Labute approximate surface area is 145 Å². The van der Waals surface area contributed by atoms with Gasteiger partial charge in [0.15, 0.2) is 0 Å². The molecule has 0 heterocycles. The highest BCUT2D eigenvalue weighted by Crippen LogP contribution is 2.29. The Morgan fingerprint density at radius 3 is 2.21 bits per heavy atom. The van der Waals surface area contributed by atoms with Gasteiger partial charge in [0.05, 0.1) is 5.56 Å². The highest BCUT2D eigenvalue weighted by atomic mass is 16.5. The smallest absolute Gasteiger partial charge is 0.338 e. The molecule has 0 saturated carbocycles. The number of benzene rings is 2. The van der Waals surface area contributed by atoms with Gasteiger partial charge >= 0.3 is 5.97 Å². The SMILES string of the molecule is CC[C@@H](C)[C@H](c1ccc(C(=O)OCc2ccccc2)cc1)N(C)C. The number of hydrogen-bond acceptors (Lipinski definition) is 3. The van der Waals surface area contributed by atoms with Gasteiger partial charge in [-0.15, -0.1) is 0 Å². The Morgan fingerprint density at radius 2 is 1.67 bits per heavy atom. The summed E-state index contributed by atoms with van der Waals surface area (Å²) in [6.07, 6.45) is 1.11. The molecule has 2 rings (SSSR count). The Hall–Kier alpha value is -2.13. The molecular formula is C21H27NO2. The summed E-state index contributed by atoms with van der Waals surface area (Å²) in [5.74, 6) is 0.270. The van der Waals surface area contributed by atoms with Crippen LogP contribution in [0.2, 0.25) is 0 Å². The number of nitrogens with zero attached hydrogens (tertiary/aromatic N) is 1. The van der Waals surface area contributed by atoms with E-state index in [0.29, 0.717) is 24.1 Å². The van der Waals surface area contributed by atoms with Crippen LogP contribution in [0.3, 0.4) is 0 Å². The lowest BCUT2D eigenvalue weighted by atomic mass is 9.91. The van der Waals surface area contributed by atoms with Gasteiger partial charge in [-0.1, -0.05) is 62.7 Å². The average Bonchev–Trinajstić information content (AvgIpc) is 2.60. The summed E-state index contributed by atoms with van der Waals surface area (Å²) < 4.78 is 5.38. The van der Waals surface area contributed by atoms with Crippen LogP contribution in [0.15, 0.2) is 54.6 Å². The van der Waals surface area contributed by atoms with Crippen molar-refractivity contribution in [1.29, 1.82) is 0 Å². The largest absolute Gasteiger partial charge is 0.457 e. The molecule has 0 radical (unpaired) electrons. The number of carbonyl (C=O) groups is 1. The first-order valence-corrected chi connectivity index (χ1v) is 8.50. The molecule has 128 valence electrons. The molecule has 0 bridgehead atoms. The number of hydrogen-bond donors (Lipinski definition) is 0. The lowest BCUT2D eigenvalue weighted by Gasteiger charge is -2.30. The molecule has 24 heavy (non-hydrogen) atoms. The van der Waals surface area contributed by atoms with Gasteiger partial charge in [-0.2, -0.15) is 0 Å². The number of rotatable bonds is 7.